The molecule has 5 N–H and O–H groups in total. The summed E-state index contributed by atoms with van der Waals surface area (Å²) in [5, 5.41) is 22.7. The number of amides is 12. The highest BCUT2D eigenvalue weighted by Crippen LogP contribution is 2.24. The van der Waals surface area contributed by atoms with Gasteiger partial charge in [-0.1, -0.05) is 123 Å². The normalized spacial score (nSPS) is 24.9. The molecule has 0 aromatic heterocycles. The molecule has 2 aliphatic rings. The van der Waals surface area contributed by atoms with E-state index in [1.807, 2.05) is 60.5 Å². The summed E-state index contributed by atoms with van der Waals surface area (Å²) in [6.45, 7) is 19.2. The molecule has 27 nitrogen and oxygen atoms in total. The third-order valence-electron chi connectivity index (χ3n) is 19.2. The van der Waals surface area contributed by atoms with Crippen LogP contribution in [0.4, 0.5) is 0 Å². The summed E-state index contributed by atoms with van der Waals surface area (Å²) in [5.74, 6) is -9.98. The average molecular weight is 1430 g/mol. The van der Waals surface area contributed by atoms with Crippen LogP contribution in [-0.2, 0) is 75.1 Å². The van der Waals surface area contributed by atoms with E-state index in [1.165, 1.54) is 75.7 Å². The number of hydrogen-bond acceptors (Lipinski definition) is 15. The van der Waals surface area contributed by atoms with Crippen molar-refractivity contribution in [2.75, 3.05) is 102 Å². The van der Waals surface area contributed by atoms with Gasteiger partial charge in [-0.15, -0.1) is 0 Å². The van der Waals surface area contributed by atoms with Gasteiger partial charge < -0.3 is 75.2 Å². The first kappa shape index (κ1) is 86.4. The third-order valence-corrected chi connectivity index (χ3v) is 19.2. The van der Waals surface area contributed by atoms with Gasteiger partial charge in [0, 0.05) is 81.3 Å². The van der Waals surface area contributed by atoms with Gasteiger partial charge in [0.05, 0.1) is 32.3 Å². The van der Waals surface area contributed by atoms with Crippen molar-refractivity contribution in [3.8, 4) is 0 Å². The van der Waals surface area contributed by atoms with Crippen LogP contribution in [0.3, 0.4) is 0 Å². The Kier molecular flexibility index (Phi) is 35.0. The van der Waals surface area contributed by atoms with Gasteiger partial charge in [-0.25, -0.2) is 0 Å². The van der Waals surface area contributed by atoms with Crippen LogP contribution >= 0.6 is 0 Å². The molecule has 2 aromatic rings. The van der Waals surface area contributed by atoms with E-state index < -0.39 is 163 Å². The molecule has 11 atom stereocenters. The topological polar surface area (TPSA) is 312 Å². The molecule has 4 rings (SSSR count). The van der Waals surface area contributed by atoms with Gasteiger partial charge in [0.15, 0.2) is 0 Å². The third kappa shape index (κ3) is 25.1. The van der Waals surface area contributed by atoms with E-state index in [1.54, 1.807) is 86.3 Å². The molecule has 27 heteroatoms. The van der Waals surface area contributed by atoms with Gasteiger partial charge in [-0.2, -0.15) is 0 Å². The Labute approximate surface area is 605 Å². The SMILES string of the molecule is CCCN1CC(=O)N(C)[C@@H](C(C)C)C(=O)N[C@H](C(=O)N2CCCCC2)CC(=O)N(C)[C@@H](C)C(=O)N[C@@H](CC(C)C)C(=O)N(C)[C@@H](CC(C)C)C(=O)N(C)[C@@H](Cc2ccccc2)C(=O)NC(COCCN(C)C)C(=O)N(C)[C@@H](Cc2ccccc2)C(=O)N(C)[C@@H](CC(C)C)C(=O)N[C@@H]([C@@H](C)O)C1=O. The fraction of sp³-hybridized carbons (Fsp3) is 0.680. The maximum absolute atomic E-state index is 15.6. The Morgan fingerprint density at radius 1 is 0.539 bits per heavy atom. The lowest BCUT2D eigenvalue weighted by molar-refractivity contribution is -0.152. The summed E-state index contributed by atoms with van der Waals surface area (Å²) >= 11 is 0. The Balaban J connectivity index is 2.01. The van der Waals surface area contributed by atoms with E-state index in [4.69, 9.17) is 4.74 Å². The van der Waals surface area contributed by atoms with E-state index in [2.05, 4.69) is 21.3 Å². The molecule has 2 aliphatic heterocycles. The van der Waals surface area contributed by atoms with Crippen LogP contribution in [-0.4, -0.2) is 289 Å². The number of likely N-dealkylation sites (tertiary alicyclic amines) is 1. The number of aliphatic hydroxyl groups excluding tert-OH is 1. The van der Waals surface area contributed by atoms with E-state index >= 15 is 28.8 Å². The molecular formula is C75H121N13O14. The highest BCUT2D eigenvalue weighted by Gasteiger charge is 2.44. The van der Waals surface area contributed by atoms with Crippen molar-refractivity contribution in [2.45, 2.75) is 207 Å². The quantitative estimate of drug-likeness (QED) is 0.119. The largest absolute Gasteiger partial charge is 0.391 e. The van der Waals surface area contributed by atoms with Gasteiger partial charge >= 0.3 is 0 Å². The van der Waals surface area contributed by atoms with Crippen LogP contribution in [0.5, 0.6) is 0 Å². The molecule has 2 aromatic carbocycles. The van der Waals surface area contributed by atoms with Crippen molar-refractivity contribution < 1.29 is 67.4 Å². The Hall–Kier alpha value is -8.04. The molecule has 0 radical (unpaired) electrons. The first-order valence-corrected chi connectivity index (χ1v) is 36.3. The molecule has 2 fully saturated rings. The predicted octanol–water partition coefficient (Wildman–Crippen LogP) is 2.80. The van der Waals surface area contributed by atoms with Gasteiger partial charge in [0.2, 0.25) is 70.9 Å². The molecule has 0 spiro atoms. The summed E-state index contributed by atoms with van der Waals surface area (Å²) in [4.78, 5) is 192. The lowest BCUT2D eigenvalue weighted by Crippen LogP contribution is -2.62. The zero-order valence-corrected chi connectivity index (χ0v) is 64.2. The highest BCUT2D eigenvalue weighted by molar-refractivity contribution is 6.00. The number of nitrogens with one attached hydrogen (secondary N) is 4. The number of nitrogens with zero attached hydrogens (tertiary/aromatic N) is 9. The molecule has 0 aliphatic carbocycles. The summed E-state index contributed by atoms with van der Waals surface area (Å²) in [6.07, 6.45) is 0.441. The van der Waals surface area contributed by atoms with Crippen LogP contribution < -0.4 is 21.3 Å². The van der Waals surface area contributed by atoms with Crippen molar-refractivity contribution in [2.24, 2.45) is 23.7 Å². The lowest BCUT2D eigenvalue weighted by atomic mass is 9.97. The van der Waals surface area contributed by atoms with Gasteiger partial charge in [-0.05, 0) is 108 Å². The van der Waals surface area contributed by atoms with Crippen molar-refractivity contribution >= 4 is 70.9 Å². The average Bonchev–Trinajstić information content (AvgIpc) is 0.817. The number of ether oxygens (including phenoxy) is 1. The first-order chi connectivity index (χ1) is 47.9. The maximum Gasteiger partial charge on any atom is 0.248 e. The smallest absolute Gasteiger partial charge is 0.248 e. The second-order valence-electron chi connectivity index (χ2n) is 29.6. The Morgan fingerprint density at radius 2 is 1.02 bits per heavy atom. The molecule has 102 heavy (non-hydrogen) atoms. The van der Waals surface area contributed by atoms with E-state index in [0.29, 0.717) is 50.0 Å². The maximum atomic E-state index is 15.6. The number of benzene rings is 2. The number of likely N-dealkylation sites (N-methyl/N-ethyl adjacent to an activating group) is 7. The lowest BCUT2D eigenvalue weighted by Gasteiger charge is -2.38. The first-order valence-electron chi connectivity index (χ1n) is 36.3. The molecule has 0 bridgehead atoms. The molecule has 2 saturated heterocycles. The standard InChI is InChI=1S/C75H121N13O14/c1-20-34-88-45-63(91)86(19)65(50(8)9)69(95)77-56(72(98)87-35-28-23-29-36-87)44-62(90)81(14)51(10)66(92)76-55(39-47(2)3)70(96)84(17)60(41-49(6)7)73(99)83(16)59(42-53-30-24-21-25-31-53)67(93)78-57(46-102-38-37-80(12)13)71(97)85(18)61(43-54-32-26-22-27-33-54)74(100)82(15)58(40-48(4)5)68(94)79-64(52(11)89)75(88)101/h21-22,24-27,30-33,47-52,55-61,64-65,89H,20,23,28-29,34-46H2,1-19H3,(H,76,92)(H,77,95)(H,78,93)(H,79,94)/t51-,52+,55-,56-,57?,58-,59-,60-,61-,64-,65-/m0/s1. The van der Waals surface area contributed by atoms with E-state index in [0.717, 1.165) is 21.1 Å². The number of carbonyl (C=O) groups excluding carboxylic acids is 12. The summed E-state index contributed by atoms with van der Waals surface area (Å²) in [6, 6.07) is 4.10. The van der Waals surface area contributed by atoms with Crippen molar-refractivity contribution in [3.63, 3.8) is 0 Å². The minimum Gasteiger partial charge on any atom is -0.391 e. The van der Waals surface area contributed by atoms with Gasteiger partial charge in [0.1, 0.15) is 60.4 Å². The van der Waals surface area contributed by atoms with Gasteiger partial charge in [-0.3, -0.25) is 57.5 Å². The van der Waals surface area contributed by atoms with E-state index in [9.17, 15) is 33.9 Å². The summed E-state index contributed by atoms with van der Waals surface area (Å²) < 4.78 is 6.14. The number of rotatable bonds is 20. The van der Waals surface area contributed by atoms with Crippen LogP contribution in [0.1, 0.15) is 139 Å². The minimum atomic E-state index is -1.68. The second kappa shape index (κ2) is 41.3. The highest BCUT2D eigenvalue weighted by atomic mass is 16.5. The van der Waals surface area contributed by atoms with Crippen molar-refractivity contribution in [3.05, 3.63) is 71.8 Å². The summed E-state index contributed by atoms with van der Waals surface area (Å²) in [7, 11) is 12.1. The molecule has 570 valence electrons. The zero-order chi connectivity index (χ0) is 76.6. The number of piperidine rings is 1. The predicted molar refractivity (Wildman–Crippen MR) is 389 cm³/mol. The number of hydrogen-bond donors (Lipinski definition) is 5. The second-order valence-corrected chi connectivity index (χ2v) is 29.6. The monoisotopic (exact) mass is 1430 g/mol. The Morgan fingerprint density at radius 3 is 1.54 bits per heavy atom. The fourth-order valence-electron chi connectivity index (χ4n) is 12.9. The van der Waals surface area contributed by atoms with Crippen LogP contribution in [0.15, 0.2) is 60.7 Å². The van der Waals surface area contributed by atoms with Crippen LogP contribution in [0, 0.1) is 23.7 Å². The van der Waals surface area contributed by atoms with E-state index in [-0.39, 0.29) is 63.0 Å². The molecule has 0 saturated carbocycles. The van der Waals surface area contributed by atoms with Crippen LogP contribution in [0.25, 0.3) is 0 Å². The zero-order valence-electron chi connectivity index (χ0n) is 64.2. The molecule has 2 heterocycles. The molecule has 12 amide bonds. The number of carbonyl (C=O) groups is 12. The number of aliphatic hydroxyl groups is 1. The van der Waals surface area contributed by atoms with Gasteiger partial charge in [0.25, 0.3) is 0 Å². The van der Waals surface area contributed by atoms with Crippen LogP contribution in [0.2, 0.25) is 0 Å². The fourth-order valence-corrected chi connectivity index (χ4v) is 12.9. The Bertz CT molecular complexity index is 3110. The molecular weight excluding hydrogens is 1310 g/mol. The summed E-state index contributed by atoms with van der Waals surface area (Å²) in [5.41, 5.74) is 1.28. The molecule has 1 unspecified atom stereocenters. The minimum absolute atomic E-state index is 0.0318. The van der Waals surface area contributed by atoms with Crippen molar-refractivity contribution in [1.82, 2.24) is 65.4 Å². The van der Waals surface area contributed by atoms with Crippen molar-refractivity contribution in [1.29, 1.82) is 0 Å².